The number of aromatic nitrogens is 1. The maximum Gasteiger partial charge on any atom is 0.515 e. The normalized spacial score (nSPS) is 22.1. The molecule has 0 saturated carbocycles. The molecule has 0 fully saturated rings. The second-order valence-electron chi connectivity index (χ2n) is 7.97. The maximum absolute atomic E-state index is 12.2. The van der Waals surface area contributed by atoms with Crippen LogP contribution < -0.4 is 15.2 Å². The molecule has 9 nitrogen and oxygen atoms in total. The Bertz CT molecular complexity index is 1160. The molecule has 33 heavy (non-hydrogen) atoms. The van der Waals surface area contributed by atoms with Crippen LogP contribution in [0, 0.1) is 0 Å². The van der Waals surface area contributed by atoms with Crippen LogP contribution in [0.1, 0.15) is 25.5 Å². The van der Waals surface area contributed by atoms with E-state index in [1.807, 2.05) is 24.3 Å². The van der Waals surface area contributed by atoms with Crippen molar-refractivity contribution < 1.29 is 33.6 Å². The van der Waals surface area contributed by atoms with Crippen molar-refractivity contribution in [3.8, 4) is 11.6 Å². The van der Waals surface area contributed by atoms with Crippen LogP contribution in [-0.2, 0) is 14.2 Å². The smallest absolute Gasteiger partial charge is 0.479 e. The number of rotatable bonds is 6. The lowest BCUT2D eigenvalue weighted by molar-refractivity contribution is -0.238. The summed E-state index contributed by atoms with van der Waals surface area (Å²) in [6, 6.07) is 13.7. The summed E-state index contributed by atoms with van der Waals surface area (Å²) < 4.78 is 29.5. The van der Waals surface area contributed by atoms with Crippen molar-refractivity contribution in [2.75, 3.05) is 26.6 Å². The molecule has 0 unspecified atom stereocenters. The molecular formula is C24H28N2O7. The van der Waals surface area contributed by atoms with E-state index in [9.17, 15) is 9.90 Å². The average Bonchev–Trinajstić information content (AvgIpc) is 3.13. The zero-order valence-electron chi connectivity index (χ0n) is 19.0. The lowest BCUT2D eigenvalue weighted by atomic mass is 9.84. The molecule has 9 heteroatoms. The van der Waals surface area contributed by atoms with Gasteiger partial charge in [-0.3, -0.25) is 0 Å². The van der Waals surface area contributed by atoms with Crippen LogP contribution in [0.3, 0.4) is 0 Å². The van der Waals surface area contributed by atoms with Gasteiger partial charge in [0.05, 0.1) is 18.2 Å². The Labute approximate surface area is 191 Å². The Morgan fingerprint density at radius 1 is 1.21 bits per heavy atom. The molecule has 2 heterocycles. The van der Waals surface area contributed by atoms with Gasteiger partial charge in [0.1, 0.15) is 11.9 Å². The third kappa shape index (κ3) is 3.88. The number of methoxy groups -OCH3 is 2. The molecule has 3 atom stereocenters. The predicted molar refractivity (Wildman–Crippen MR) is 121 cm³/mol. The molecule has 0 saturated heterocycles. The Balaban J connectivity index is 1.96. The number of aliphatic hydroxyl groups is 1. The van der Waals surface area contributed by atoms with Crippen molar-refractivity contribution in [1.82, 2.24) is 4.57 Å². The van der Waals surface area contributed by atoms with Gasteiger partial charge in [-0.25, -0.2) is 4.79 Å². The van der Waals surface area contributed by atoms with Gasteiger partial charge in [0.2, 0.25) is 5.88 Å². The fraction of sp³-hybridized carbons (Fsp3) is 0.375. The highest BCUT2D eigenvalue weighted by molar-refractivity contribution is 5.84. The number of carbonyl (C=O) groups is 1. The Morgan fingerprint density at radius 3 is 2.64 bits per heavy atom. The highest BCUT2D eigenvalue weighted by atomic mass is 16.7. The minimum Gasteiger partial charge on any atom is -0.479 e. The Morgan fingerprint density at radius 2 is 1.94 bits per heavy atom. The van der Waals surface area contributed by atoms with Crippen molar-refractivity contribution in [3.05, 3.63) is 54.1 Å². The van der Waals surface area contributed by atoms with Crippen LogP contribution in [0.4, 0.5) is 10.5 Å². The van der Waals surface area contributed by atoms with Gasteiger partial charge >= 0.3 is 6.16 Å². The first-order valence-electron chi connectivity index (χ1n) is 10.6. The lowest BCUT2D eigenvalue weighted by Crippen LogP contribution is -2.60. The highest BCUT2D eigenvalue weighted by Gasteiger charge is 2.53. The fourth-order valence-electron chi connectivity index (χ4n) is 4.45. The van der Waals surface area contributed by atoms with Gasteiger partial charge in [0, 0.05) is 36.9 Å². The number of carbonyl (C=O) groups excluding carboxylic acids is 1. The van der Waals surface area contributed by atoms with Crippen LogP contribution >= 0.6 is 0 Å². The number of para-hydroxylation sites is 1. The topological polar surface area (TPSA) is 114 Å². The van der Waals surface area contributed by atoms with E-state index < -0.39 is 30.2 Å². The van der Waals surface area contributed by atoms with Crippen LogP contribution in [-0.4, -0.2) is 54.7 Å². The highest BCUT2D eigenvalue weighted by Crippen LogP contribution is 2.47. The number of benzene rings is 2. The van der Waals surface area contributed by atoms with Crippen LogP contribution in [0.25, 0.3) is 10.9 Å². The van der Waals surface area contributed by atoms with Crippen LogP contribution in [0.15, 0.2) is 48.5 Å². The molecular weight excluding hydrogens is 428 g/mol. The summed E-state index contributed by atoms with van der Waals surface area (Å²) in [7, 11) is 2.95. The number of nitrogen functional groups attached to an aromatic ring is 1. The fourth-order valence-corrected chi connectivity index (χ4v) is 4.45. The number of anilines is 1. The van der Waals surface area contributed by atoms with Crippen molar-refractivity contribution in [2.45, 2.75) is 37.9 Å². The molecule has 1 aromatic heterocycles. The summed E-state index contributed by atoms with van der Waals surface area (Å²) in [4.78, 5) is 12.2. The van der Waals surface area contributed by atoms with E-state index in [1.165, 1.54) is 14.2 Å². The van der Waals surface area contributed by atoms with E-state index in [1.54, 1.807) is 42.7 Å². The molecule has 2 aromatic carbocycles. The summed E-state index contributed by atoms with van der Waals surface area (Å²) in [6.45, 7) is 3.57. The van der Waals surface area contributed by atoms with Gasteiger partial charge in [-0.1, -0.05) is 18.2 Å². The maximum atomic E-state index is 12.2. The van der Waals surface area contributed by atoms with Crippen molar-refractivity contribution >= 4 is 22.7 Å². The minimum absolute atomic E-state index is 0.166. The van der Waals surface area contributed by atoms with Gasteiger partial charge in [-0.15, -0.1) is 0 Å². The van der Waals surface area contributed by atoms with E-state index in [4.69, 9.17) is 29.4 Å². The second-order valence-corrected chi connectivity index (χ2v) is 7.97. The molecule has 1 aliphatic heterocycles. The van der Waals surface area contributed by atoms with Crippen molar-refractivity contribution in [2.24, 2.45) is 0 Å². The molecule has 0 aliphatic carbocycles. The first kappa shape index (κ1) is 22.9. The number of hydrogen-bond acceptors (Lipinski definition) is 8. The molecule has 1 aliphatic rings. The van der Waals surface area contributed by atoms with E-state index >= 15 is 0 Å². The molecule has 0 spiro atoms. The van der Waals surface area contributed by atoms with E-state index in [2.05, 4.69) is 0 Å². The summed E-state index contributed by atoms with van der Waals surface area (Å²) in [5.74, 6) is 0.712. The number of fused-ring (bicyclic) bond motifs is 2. The molecule has 176 valence electrons. The summed E-state index contributed by atoms with van der Waals surface area (Å²) in [6.07, 6.45) is -2.92. The number of hydrogen-bond donors (Lipinski definition) is 2. The van der Waals surface area contributed by atoms with Crippen LogP contribution in [0.2, 0.25) is 0 Å². The molecule has 3 aromatic rings. The van der Waals surface area contributed by atoms with Gasteiger partial charge < -0.3 is 39.1 Å². The van der Waals surface area contributed by atoms with Crippen molar-refractivity contribution in [1.29, 1.82) is 0 Å². The summed E-state index contributed by atoms with van der Waals surface area (Å²) in [5.41, 5.74) is 6.65. The Hall–Kier alpha value is -3.27. The zero-order chi connectivity index (χ0) is 23.8. The zero-order valence-corrected chi connectivity index (χ0v) is 19.0. The minimum atomic E-state index is -1.30. The quantitative estimate of drug-likeness (QED) is 0.329. The number of nitrogens with zero attached hydrogens (tertiary/aromatic N) is 1. The third-order valence-corrected chi connectivity index (χ3v) is 5.91. The largest absolute Gasteiger partial charge is 0.515 e. The molecule has 4 rings (SSSR count). The van der Waals surface area contributed by atoms with Crippen LogP contribution in [0.5, 0.6) is 11.6 Å². The standard InChI is InChI=1S/C24H28N2O7/c1-5-31-23(28)32-19-12-14-8-6-7-9-17(14)26(19)20-16-13-15(25)10-11-18(16)33-24(2,21(20)27)22(29-3)30-4/h6-13,20-22,27H,5,25H2,1-4H3/t20-,21+,24-/m0/s1. The first-order valence-corrected chi connectivity index (χ1v) is 10.6. The van der Waals surface area contributed by atoms with E-state index in [0.29, 0.717) is 17.0 Å². The molecule has 0 bridgehead atoms. The average molecular weight is 456 g/mol. The second kappa shape index (κ2) is 8.93. The van der Waals surface area contributed by atoms with Gasteiger partial charge in [-0.2, -0.15) is 0 Å². The number of ether oxygens (including phenoxy) is 5. The Kier molecular flexibility index (Phi) is 6.20. The first-order chi connectivity index (χ1) is 15.8. The molecule has 0 amide bonds. The molecule has 3 N–H and O–H groups in total. The van der Waals surface area contributed by atoms with E-state index in [0.717, 1.165) is 10.9 Å². The number of nitrogens with two attached hydrogens (primary N) is 1. The summed E-state index contributed by atoms with van der Waals surface area (Å²) in [5, 5.41) is 12.6. The van der Waals surface area contributed by atoms with E-state index in [-0.39, 0.29) is 12.5 Å². The van der Waals surface area contributed by atoms with Gasteiger partial charge in [-0.05, 0) is 38.1 Å². The third-order valence-electron chi connectivity index (χ3n) is 5.91. The molecule has 0 radical (unpaired) electrons. The summed E-state index contributed by atoms with van der Waals surface area (Å²) >= 11 is 0. The lowest BCUT2D eigenvalue weighted by Gasteiger charge is -2.47. The predicted octanol–water partition coefficient (Wildman–Crippen LogP) is 3.48. The van der Waals surface area contributed by atoms with Gasteiger partial charge in [0.25, 0.3) is 0 Å². The monoisotopic (exact) mass is 456 g/mol. The van der Waals surface area contributed by atoms with Gasteiger partial charge in [0.15, 0.2) is 11.9 Å². The number of aliphatic hydroxyl groups excluding tert-OH is 1. The van der Waals surface area contributed by atoms with Crippen molar-refractivity contribution in [3.63, 3.8) is 0 Å². The SMILES string of the molecule is CCOC(=O)Oc1cc2ccccc2n1[C@H]1c2cc(N)ccc2O[C@](C)(C(OC)OC)[C@@H]1O.